The Labute approximate surface area is 107 Å². The fraction of sp³-hybridized carbons (Fsp3) is 0.818. The predicted octanol–water partition coefficient (Wildman–Crippen LogP) is 3.65. The number of alkyl halides is 1. The monoisotopic (exact) mass is 261 g/mol. The maximum absolute atomic E-state index is 5.94. The Morgan fingerprint density at radius 2 is 2.00 bits per heavy atom. The summed E-state index contributed by atoms with van der Waals surface area (Å²) >= 11 is 7.36. The molecule has 2 unspecified atom stereocenters. The van der Waals surface area contributed by atoms with Crippen molar-refractivity contribution in [2.24, 2.45) is 0 Å². The van der Waals surface area contributed by atoms with E-state index in [0.717, 1.165) is 17.4 Å². The molecule has 0 saturated heterocycles. The molecule has 5 heteroatoms. The summed E-state index contributed by atoms with van der Waals surface area (Å²) in [7, 11) is 0. The first kappa shape index (κ1) is 13.7. The fourth-order valence-electron chi connectivity index (χ4n) is 1.34. The molecule has 16 heavy (non-hydrogen) atoms. The van der Waals surface area contributed by atoms with Crippen LogP contribution in [0.1, 0.15) is 46.9 Å². The number of anilines is 1. The smallest absolute Gasteiger partial charge is 0.202 e. The summed E-state index contributed by atoms with van der Waals surface area (Å²) in [6.45, 7) is 10.5. The second-order valence-corrected chi connectivity index (χ2v) is 6.73. The van der Waals surface area contributed by atoms with Gasteiger partial charge in [0, 0.05) is 28.4 Å². The molecule has 92 valence electrons. The van der Waals surface area contributed by atoms with Crippen molar-refractivity contribution in [1.29, 1.82) is 0 Å². The molecule has 1 aromatic rings. The molecule has 0 fully saturated rings. The summed E-state index contributed by atoms with van der Waals surface area (Å²) in [6, 6.07) is 0.327. The standard InChI is InChI=1S/C11H20ClN3S/c1-7(12)6-8(2)13-10-14-9(15-16-10)11(3,4)5/h7-8H,6H2,1-5H3,(H,13,14,15). The Morgan fingerprint density at radius 3 is 2.44 bits per heavy atom. The molecule has 0 spiro atoms. The van der Waals surface area contributed by atoms with E-state index in [4.69, 9.17) is 11.6 Å². The van der Waals surface area contributed by atoms with Gasteiger partial charge in [-0.25, -0.2) is 4.98 Å². The van der Waals surface area contributed by atoms with Crippen molar-refractivity contribution >= 4 is 28.3 Å². The number of nitrogens with one attached hydrogen (secondary N) is 1. The van der Waals surface area contributed by atoms with Crippen LogP contribution in [0.5, 0.6) is 0 Å². The molecule has 0 aliphatic heterocycles. The summed E-state index contributed by atoms with van der Waals surface area (Å²) < 4.78 is 4.35. The van der Waals surface area contributed by atoms with Gasteiger partial charge in [-0.2, -0.15) is 4.37 Å². The number of rotatable bonds is 4. The van der Waals surface area contributed by atoms with Crippen LogP contribution in [-0.4, -0.2) is 20.8 Å². The zero-order valence-electron chi connectivity index (χ0n) is 10.5. The van der Waals surface area contributed by atoms with Gasteiger partial charge in [0.15, 0.2) is 0 Å². The quantitative estimate of drug-likeness (QED) is 0.841. The van der Waals surface area contributed by atoms with Gasteiger partial charge in [-0.15, -0.1) is 11.6 Å². The van der Waals surface area contributed by atoms with Gasteiger partial charge < -0.3 is 5.32 Å². The lowest BCUT2D eigenvalue weighted by Gasteiger charge is -2.14. The Morgan fingerprint density at radius 1 is 1.38 bits per heavy atom. The normalized spacial score (nSPS) is 15.9. The van der Waals surface area contributed by atoms with E-state index in [1.165, 1.54) is 11.5 Å². The third-order valence-electron chi connectivity index (χ3n) is 2.15. The van der Waals surface area contributed by atoms with Gasteiger partial charge in [0.1, 0.15) is 5.82 Å². The number of nitrogens with zero attached hydrogens (tertiary/aromatic N) is 2. The first-order valence-electron chi connectivity index (χ1n) is 5.54. The van der Waals surface area contributed by atoms with Crippen LogP contribution < -0.4 is 5.32 Å². The minimum Gasteiger partial charge on any atom is -0.358 e. The first-order valence-corrected chi connectivity index (χ1v) is 6.75. The Balaban J connectivity index is 2.59. The van der Waals surface area contributed by atoms with Gasteiger partial charge in [-0.3, -0.25) is 0 Å². The second-order valence-electron chi connectivity index (χ2n) is 5.23. The Kier molecular flexibility index (Phi) is 4.56. The summed E-state index contributed by atoms with van der Waals surface area (Å²) in [6.07, 6.45) is 0.923. The molecule has 0 radical (unpaired) electrons. The van der Waals surface area contributed by atoms with E-state index in [9.17, 15) is 0 Å². The van der Waals surface area contributed by atoms with Crippen LogP contribution in [0, 0.1) is 0 Å². The van der Waals surface area contributed by atoms with Crippen LogP contribution >= 0.6 is 23.1 Å². The first-order chi connectivity index (χ1) is 7.29. The molecule has 0 bridgehead atoms. The van der Waals surface area contributed by atoms with Crippen molar-refractivity contribution in [3.8, 4) is 0 Å². The van der Waals surface area contributed by atoms with Crippen molar-refractivity contribution in [2.45, 2.75) is 57.9 Å². The maximum Gasteiger partial charge on any atom is 0.202 e. The summed E-state index contributed by atoms with van der Waals surface area (Å²) in [5, 5.41) is 4.39. The average Bonchev–Trinajstić information content (AvgIpc) is 2.49. The molecule has 0 aliphatic rings. The van der Waals surface area contributed by atoms with Crippen molar-refractivity contribution in [3.63, 3.8) is 0 Å². The topological polar surface area (TPSA) is 37.8 Å². The minimum atomic E-state index is 0.0133. The van der Waals surface area contributed by atoms with Crippen LogP contribution in [0.25, 0.3) is 0 Å². The Bertz CT molecular complexity index is 330. The zero-order chi connectivity index (χ0) is 12.3. The number of halogens is 1. The highest BCUT2D eigenvalue weighted by molar-refractivity contribution is 7.09. The van der Waals surface area contributed by atoms with Crippen molar-refractivity contribution < 1.29 is 0 Å². The molecule has 2 atom stereocenters. The molecular formula is C11H20ClN3S. The van der Waals surface area contributed by atoms with E-state index in [1.807, 2.05) is 6.92 Å². The highest BCUT2D eigenvalue weighted by Gasteiger charge is 2.20. The summed E-state index contributed by atoms with van der Waals surface area (Å²) in [5.41, 5.74) is 0.0133. The SMILES string of the molecule is CC(Cl)CC(C)Nc1nc(C(C)(C)C)ns1. The highest BCUT2D eigenvalue weighted by atomic mass is 35.5. The molecule has 1 N–H and O–H groups in total. The van der Waals surface area contributed by atoms with E-state index < -0.39 is 0 Å². The minimum absolute atomic E-state index is 0.0133. The number of hydrogen-bond acceptors (Lipinski definition) is 4. The van der Waals surface area contributed by atoms with Crippen molar-refractivity contribution in [1.82, 2.24) is 9.36 Å². The van der Waals surface area contributed by atoms with Gasteiger partial charge >= 0.3 is 0 Å². The van der Waals surface area contributed by atoms with E-state index in [1.54, 1.807) is 0 Å². The molecule has 1 aromatic heterocycles. The van der Waals surface area contributed by atoms with Crippen molar-refractivity contribution in [3.05, 3.63) is 5.82 Å². The van der Waals surface area contributed by atoms with Crippen LogP contribution in [0.4, 0.5) is 5.13 Å². The molecule has 0 saturated carbocycles. The zero-order valence-corrected chi connectivity index (χ0v) is 12.1. The molecule has 1 heterocycles. The third-order valence-corrected chi connectivity index (χ3v) is 2.97. The van der Waals surface area contributed by atoms with Crippen LogP contribution in [-0.2, 0) is 5.41 Å². The fourth-order valence-corrected chi connectivity index (χ4v) is 2.48. The molecule has 1 rings (SSSR count). The molecular weight excluding hydrogens is 242 g/mol. The Hall–Kier alpha value is -0.350. The van der Waals surface area contributed by atoms with Gasteiger partial charge in [0.25, 0.3) is 0 Å². The number of hydrogen-bond donors (Lipinski definition) is 1. The molecule has 0 aliphatic carbocycles. The lowest BCUT2D eigenvalue weighted by Crippen LogP contribution is -2.19. The lowest BCUT2D eigenvalue weighted by molar-refractivity contribution is 0.554. The van der Waals surface area contributed by atoms with E-state index in [2.05, 4.69) is 42.4 Å². The van der Waals surface area contributed by atoms with Crippen LogP contribution in [0.3, 0.4) is 0 Å². The number of aromatic nitrogens is 2. The molecule has 3 nitrogen and oxygen atoms in total. The van der Waals surface area contributed by atoms with Gasteiger partial charge in [-0.05, 0) is 20.3 Å². The van der Waals surface area contributed by atoms with Gasteiger partial charge in [-0.1, -0.05) is 20.8 Å². The van der Waals surface area contributed by atoms with E-state index in [-0.39, 0.29) is 10.8 Å². The second kappa shape index (κ2) is 5.32. The third kappa shape index (κ3) is 4.26. The maximum atomic E-state index is 5.94. The summed E-state index contributed by atoms with van der Waals surface area (Å²) in [4.78, 5) is 4.48. The lowest BCUT2D eigenvalue weighted by atomic mass is 9.96. The predicted molar refractivity (Wildman–Crippen MR) is 71.6 cm³/mol. The van der Waals surface area contributed by atoms with E-state index in [0.29, 0.717) is 6.04 Å². The molecule has 0 aromatic carbocycles. The highest BCUT2D eigenvalue weighted by Crippen LogP contribution is 2.23. The van der Waals surface area contributed by atoms with Gasteiger partial charge in [0.2, 0.25) is 5.13 Å². The average molecular weight is 262 g/mol. The van der Waals surface area contributed by atoms with Gasteiger partial charge in [0.05, 0.1) is 0 Å². The van der Waals surface area contributed by atoms with Crippen LogP contribution in [0.2, 0.25) is 0 Å². The van der Waals surface area contributed by atoms with Crippen molar-refractivity contribution in [2.75, 3.05) is 5.32 Å². The van der Waals surface area contributed by atoms with E-state index >= 15 is 0 Å². The largest absolute Gasteiger partial charge is 0.358 e. The molecule has 0 amide bonds. The summed E-state index contributed by atoms with van der Waals surface area (Å²) in [5.74, 6) is 0.895. The van der Waals surface area contributed by atoms with Crippen LogP contribution in [0.15, 0.2) is 0 Å².